The van der Waals surface area contributed by atoms with Crippen LogP contribution in [0.3, 0.4) is 0 Å². The van der Waals surface area contributed by atoms with Crippen molar-refractivity contribution in [3.63, 3.8) is 0 Å². The average molecular weight is 863 g/mol. The molecule has 0 bridgehead atoms. The lowest BCUT2D eigenvalue weighted by Crippen LogP contribution is -2.22. The van der Waals surface area contributed by atoms with Gasteiger partial charge < -0.3 is 29.5 Å². The number of para-hydroxylation sites is 2. The standard InChI is InChI=1S/C50H46N4O6S2/c51-33-37(49(55)56)28-35-20-22-43-47(30-35)61-45-18-7-5-16-41(45)53(43)24-9-1-3-11-26-59-39-14-13-15-40(32-39)60-27-12-4-2-10-25-54-42-17-6-8-19-46(42)62-48-31-36(21-23-44(48)54)29-38(34-52)50(57)58/h5-8,13-23,28-32H,1-4,9-12,24-27H2,(H,55,56)(H,57,58)/b37-28+,38-29+. The van der Waals surface area contributed by atoms with Crippen molar-refractivity contribution >= 4 is 70.4 Å². The van der Waals surface area contributed by atoms with Crippen molar-refractivity contribution in [2.24, 2.45) is 0 Å². The molecule has 0 aromatic heterocycles. The summed E-state index contributed by atoms with van der Waals surface area (Å²) in [6, 6.07) is 39.7. The first-order valence-corrected chi connectivity index (χ1v) is 22.4. The highest BCUT2D eigenvalue weighted by Crippen LogP contribution is 2.50. The molecular weight excluding hydrogens is 817 g/mol. The van der Waals surface area contributed by atoms with Gasteiger partial charge in [0.25, 0.3) is 0 Å². The van der Waals surface area contributed by atoms with Gasteiger partial charge in [-0.25, -0.2) is 9.59 Å². The average Bonchev–Trinajstić information content (AvgIpc) is 3.28. The lowest BCUT2D eigenvalue weighted by atomic mass is 10.1. The van der Waals surface area contributed by atoms with Crippen LogP contribution in [0.4, 0.5) is 22.7 Å². The fourth-order valence-electron chi connectivity index (χ4n) is 7.46. The SMILES string of the molecule is N#C/C(=C\c1ccc2c(c1)Sc1ccccc1N2CCCCCCOc1cccc(OCCCCCCN2c3ccccc3Sc3cc(/C=C(\C#N)C(=O)O)ccc32)c1)C(=O)O. The lowest BCUT2D eigenvalue weighted by Gasteiger charge is -2.33. The highest BCUT2D eigenvalue weighted by atomic mass is 32.2. The minimum absolute atomic E-state index is 0.289. The summed E-state index contributed by atoms with van der Waals surface area (Å²) in [5, 5.41) is 37.0. The van der Waals surface area contributed by atoms with Crippen molar-refractivity contribution in [3.8, 4) is 23.6 Å². The van der Waals surface area contributed by atoms with Crippen molar-refractivity contribution in [1.82, 2.24) is 0 Å². The maximum atomic E-state index is 11.4. The van der Waals surface area contributed by atoms with E-state index in [1.807, 2.05) is 72.8 Å². The molecule has 0 saturated heterocycles. The first-order valence-electron chi connectivity index (χ1n) is 20.7. The zero-order valence-corrected chi connectivity index (χ0v) is 35.8. The molecule has 0 fully saturated rings. The summed E-state index contributed by atoms with van der Waals surface area (Å²) in [6.45, 7) is 2.96. The number of hydrogen-bond donors (Lipinski definition) is 2. The van der Waals surface area contributed by atoms with Crippen LogP contribution in [0.2, 0.25) is 0 Å². The maximum absolute atomic E-state index is 11.4. The van der Waals surface area contributed by atoms with Gasteiger partial charge >= 0.3 is 11.9 Å². The number of rotatable bonds is 20. The number of benzene rings is 5. The second-order valence-electron chi connectivity index (χ2n) is 14.8. The van der Waals surface area contributed by atoms with Crippen LogP contribution in [0.25, 0.3) is 12.2 Å². The van der Waals surface area contributed by atoms with E-state index < -0.39 is 11.9 Å². The second kappa shape index (κ2) is 21.3. The van der Waals surface area contributed by atoms with Gasteiger partial charge in [0.1, 0.15) is 34.8 Å². The van der Waals surface area contributed by atoms with Gasteiger partial charge in [-0.05, 0) is 110 Å². The van der Waals surface area contributed by atoms with Crippen molar-refractivity contribution in [3.05, 3.63) is 131 Å². The number of nitrogens with zero attached hydrogens (tertiary/aromatic N) is 4. The molecule has 5 aromatic carbocycles. The number of hydrogen-bond acceptors (Lipinski definition) is 10. The highest BCUT2D eigenvalue weighted by Gasteiger charge is 2.25. The zero-order valence-electron chi connectivity index (χ0n) is 34.2. The van der Waals surface area contributed by atoms with Gasteiger partial charge in [-0.3, -0.25) is 0 Å². The number of nitriles is 2. The Hall–Kier alpha value is -6.60. The van der Waals surface area contributed by atoms with Crippen molar-refractivity contribution < 1.29 is 29.3 Å². The number of carbonyl (C=O) groups is 2. The van der Waals surface area contributed by atoms with Gasteiger partial charge in [0.05, 0.1) is 36.0 Å². The van der Waals surface area contributed by atoms with Crippen molar-refractivity contribution in [2.45, 2.75) is 70.9 Å². The van der Waals surface area contributed by atoms with E-state index in [0.717, 1.165) is 118 Å². The Morgan fingerprint density at radius 1 is 0.516 bits per heavy atom. The highest BCUT2D eigenvalue weighted by molar-refractivity contribution is 8.00. The molecule has 7 rings (SSSR count). The number of ether oxygens (including phenoxy) is 2. The number of carboxylic acids is 2. The van der Waals surface area contributed by atoms with Gasteiger partial charge in [0.2, 0.25) is 0 Å². The summed E-state index contributed by atoms with van der Waals surface area (Å²) >= 11 is 3.32. The van der Waals surface area contributed by atoms with Crippen LogP contribution in [-0.4, -0.2) is 48.5 Å². The molecule has 0 atom stereocenters. The third-order valence-electron chi connectivity index (χ3n) is 10.5. The van der Waals surface area contributed by atoms with Gasteiger partial charge in [-0.1, -0.05) is 91.7 Å². The Bertz CT molecular complexity index is 2410. The largest absolute Gasteiger partial charge is 0.493 e. The molecule has 0 spiro atoms. The molecule has 314 valence electrons. The summed E-state index contributed by atoms with van der Waals surface area (Å²) in [5.74, 6) is -0.860. The fraction of sp³-hybridized carbons (Fsp3) is 0.240. The van der Waals surface area contributed by atoms with E-state index in [0.29, 0.717) is 24.3 Å². The zero-order chi connectivity index (χ0) is 43.3. The number of unbranched alkanes of at least 4 members (excludes halogenated alkanes) is 6. The predicted octanol–water partition coefficient (Wildman–Crippen LogP) is 12.2. The normalized spacial score (nSPS) is 12.9. The van der Waals surface area contributed by atoms with E-state index in [9.17, 15) is 30.3 Å². The smallest absolute Gasteiger partial charge is 0.346 e. The molecule has 2 aliphatic heterocycles. The second-order valence-corrected chi connectivity index (χ2v) is 17.0. The number of fused-ring (bicyclic) bond motifs is 4. The van der Waals surface area contributed by atoms with E-state index in [4.69, 9.17) is 9.47 Å². The van der Waals surface area contributed by atoms with Crippen LogP contribution in [0.5, 0.6) is 11.5 Å². The quantitative estimate of drug-likeness (QED) is 0.0436. The summed E-state index contributed by atoms with van der Waals surface area (Å²) in [6.07, 6.45) is 10.9. The first-order chi connectivity index (χ1) is 30.3. The van der Waals surface area contributed by atoms with Crippen LogP contribution in [0.15, 0.2) is 140 Å². The van der Waals surface area contributed by atoms with Crippen LogP contribution < -0.4 is 19.3 Å². The van der Waals surface area contributed by atoms with Crippen LogP contribution in [0.1, 0.15) is 62.5 Å². The summed E-state index contributed by atoms with van der Waals surface area (Å²) in [5.41, 5.74) is 5.29. The van der Waals surface area contributed by atoms with E-state index in [2.05, 4.69) is 46.2 Å². The number of aliphatic carboxylic acids is 2. The minimum atomic E-state index is -1.23. The Morgan fingerprint density at radius 3 is 1.37 bits per heavy atom. The molecule has 5 aromatic rings. The molecule has 62 heavy (non-hydrogen) atoms. The van der Waals surface area contributed by atoms with Crippen LogP contribution in [0, 0.1) is 22.7 Å². The summed E-state index contributed by atoms with van der Waals surface area (Å²) in [7, 11) is 0. The lowest BCUT2D eigenvalue weighted by molar-refractivity contribution is -0.133. The molecule has 0 radical (unpaired) electrons. The molecule has 10 nitrogen and oxygen atoms in total. The molecular formula is C50H46N4O6S2. The molecule has 0 amide bonds. The first kappa shape index (κ1) is 43.5. The van der Waals surface area contributed by atoms with Crippen molar-refractivity contribution in [1.29, 1.82) is 10.5 Å². The predicted molar refractivity (Wildman–Crippen MR) is 245 cm³/mol. The fourth-order valence-corrected chi connectivity index (χ4v) is 9.75. The maximum Gasteiger partial charge on any atom is 0.346 e. The van der Waals surface area contributed by atoms with E-state index in [-0.39, 0.29) is 11.1 Å². The molecule has 0 aliphatic carbocycles. The Kier molecular flexibility index (Phi) is 14.9. The van der Waals surface area contributed by atoms with Gasteiger partial charge in [0, 0.05) is 38.7 Å². The topological polar surface area (TPSA) is 147 Å². The van der Waals surface area contributed by atoms with Crippen molar-refractivity contribution in [2.75, 3.05) is 36.1 Å². The molecule has 2 heterocycles. The summed E-state index contributed by atoms with van der Waals surface area (Å²) in [4.78, 5) is 31.8. The third kappa shape index (κ3) is 11.0. The van der Waals surface area contributed by atoms with Gasteiger partial charge in [0.15, 0.2) is 0 Å². The minimum Gasteiger partial charge on any atom is -0.493 e. The number of carboxylic acid groups (broad SMARTS) is 2. The molecule has 12 heteroatoms. The van der Waals surface area contributed by atoms with E-state index in [1.165, 1.54) is 12.2 Å². The van der Waals surface area contributed by atoms with Gasteiger partial charge in [-0.2, -0.15) is 10.5 Å². The molecule has 2 aliphatic rings. The van der Waals surface area contributed by atoms with Crippen LogP contribution in [-0.2, 0) is 9.59 Å². The Morgan fingerprint density at radius 2 is 0.935 bits per heavy atom. The third-order valence-corrected chi connectivity index (χ3v) is 12.7. The molecule has 0 unspecified atom stereocenters. The molecule has 0 saturated carbocycles. The summed E-state index contributed by atoms with van der Waals surface area (Å²) < 4.78 is 12.2. The van der Waals surface area contributed by atoms with E-state index in [1.54, 1.807) is 35.7 Å². The van der Waals surface area contributed by atoms with E-state index >= 15 is 0 Å². The van der Waals surface area contributed by atoms with Crippen LogP contribution >= 0.6 is 23.5 Å². The Labute approximate surface area is 370 Å². The Balaban J connectivity index is 0.813. The van der Waals surface area contributed by atoms with Gasteiger partial charge in [-0.15, -0.1) is 0 Å². The molecule has 2 N–H and O–H groups in total. The number of anilines is 4. The monoisotopic (exact) mass is 862 g/mol.